The number of carbonyl (C=O) groups is 1. The third kappa shape index (κ3) is 3.29. The molecule has 116 valence electrons. The third-order valence-corrected chi connectivity index (χ3v) is 4.93. The van der Waals surface area contributed by atoms with Crippen molar-refractivity contribution in [2.24, 2.45) is 7.05 Å². The molecular weight excluding hydrogens is 312 g/mol. The lowest BCUT2D eigenvalue weighted by atomic mass is 10.4. The number of thioether (sulfide) groups is 1. The topological polar surface area (TPSA) is 90.0 Å². The van der Waals surface area contributed by atoms with Crippen LogP contribution in [0.1, 0.15) is 18.7 Å². The lowest BCUT2D eigenvalue weighted by Crippen LogP contribution is -2.16. The molecule has 2 heterocycles. The summed E-state index contributed by atoms with van der Waals surface area (Å²) >= 11 is 1.17. The van der Waals surface area contributed by atoms with Gasteiger partial charge in [0.05, 0.1) is 11.4 Å². The van der Waals surface area contributed by atoms with Gasteiger partial charge in [-0.2, -0.15) is 5.10 Å². The summed E-state index contributed by atoms with van der Waals surface area (Å²) in [7, 11) is 0.880. The summed E-state index contributed by atoms with van der Waals surface area (Å²) < 4.78 is 15.2. The zero-order chi connectivity index (χ0) is 15.7. The number of aromatic nitrogens is 4. The first kappa shape index (κ1) is 16.0. The molecule has 0 aliphatic heterocycles. The van der Waals surface area contributed by atoms with Crippen molar-refractivity contribution < 1.29 is 14.1 Å². The summed E-state index contributed by atoms with van der Waals surface area (Å²) in [6.07, 6.45) is 1.66. The molecule has 9 heteroatoms. The molecule has 2 unspecified atom stereocenters. The highest BCUT2D eigenvalue weighted by Gasteiger charge is 2.22. The maximum Gasteiger partial charge on any atom is 0.313 e. The Morgan fingerprint density at radius 2 is 2.19 bits per heavy atom. The summed E-state index contributed by atoms with van der Waals surface area (Å²) in [5.74, 6) is -0.464. The fourth-order valence-corrected chi connectivity index (χ4v) is 3.96. The molecule has 1 N–H and O–H groups in total. The first-order valence-corrected chi connectivity index (χ1v) is 9.08. The molecule has 0 fully saturated rings. The molecular formula is C12H18N4O3S2. The van der Waals surface area contributed by atoms with Crippen molar-refractivity contribution in [2.75, 3.05) is 17.8 Å². The van der Waals surface area contributed by atoms with Crippen LogP contribution in [0.3, 0.4) is 0 Å². The van der Waals surface area contributed by atoms with Gasteiger partial charge in [0, 0.05) is 35.9 Å². The number of carboxylic acid groups (broad SMARTS) is 1. The van der Waals surface area contributed by atoms with Gasteiger partial charge in [0.2, 0.25) is 0 Å². The average Bonchev–Trinajstić information content (AvgIpc) is 2.85. The Hall–Kier alpha value is -1.35. The van der Waals surface area contributed by atoms with Crippen LogP contribution in [0.4, 0.5) is 0 Å². The van der Waals surface area contributed by atoms with Crippen LogP contribution in [0.5, 0.6) is 0 Å². The lowest BCUT2D eigenvalue weighted by Gasteiger charge is -2.16. The molecule has 2 atom stereocenters. The highest BCUT2D eigenvalue weighted by molar-refractivity contribution is 7.99. The predicted octanol–water partition coefficient (Wildman–Crippen LogP) is 1.19. The van der Waals surface area contributed by atoms with Crippen LogP contribution in [0.2, 0.25) is 0 Å². The molecule has 0 saturated heterocycles. The fourth-order valence-electron chi connectivity index (χ4n) is 2.32. The molecule has 7 nitrogen and oxygen atoms in total. The van der Waals surface area contributed by atoms with Gasteiger partial charge in [-0.25, -0.2) is 4.98 Å². The highest BCUT2D eigenvalue weighted by Crippen LogP contribution is 2.29. The Morgan fingerprint density at radius 1 is 1.52 bits per heavy atom. The van der Waals surface area contributed by atoms with Crippen molar-refractivity contribution in [3.05, 3.63) is 5.69 Å². The van der Waals surface area contributed by atoms with Crippen molar-refractivity contribution in [3.63, 3.8) is 0 Å². The van der Waals surface area contributed by atoms with Crippen LogP contribution >= 0.6 is 11.8 Å². The van der Waals surface area contributed by atoms with E-state index in [0.717, 1.165) is 16.9 Å². The minimum atomic E-state index is -0.948. The summed E-state index contributed by atoms with van der Waals surface area (Å²) in [5, 5.41) is 13.8. The summed E-state index contributed by atoms with van der Waals surface area (Å²) in [6, 6.07) is -0.0491. The molecule has 2 aromatic rings. The van der Waals surface area contributed by atoms with E-state index in [1.54, 1.807) is 10.9 Å². The van der Waals surface area contributed by atoms with E-state index in [4.69, 9.17) is 5.11 Å². The Balaban J connectivity index is 2.52. The number of hydrogen-bond acceptors (Lipinski definition) is 5. The summed E-state index contributed by atoms with van der Waals surface area (Å²) in [4.78, 5) is 15.3. The number of rotatable bonds is 6. The molecule has 0 amide bonds. The van der Waals surface area contributed by atoms with Crippen molar-refractivity contribution in [1.29, 1.82) is 0 Å². The maximum absolute atomic E-state index is 11.5. The van der Waals surface area contributed by atoms with Gasteiger partial charge in [-0.1, -0.05) is 11.8 Å². The second-order valence-electron chi connectivity index (χ2n) is 4.92. The van der Waals surface area contributed by atoms with Gasteiger partial charge < -0.3 is 9.67 Å². The smallest absolute Gasteiger partial charge is 0.313 e. The second kappa shape index (κ2) is 6.18. The van der Waals surface area contributed by atoms with E-state index in [-0.39, 0.29) is 11.8 Å². The molecule has 0 bridgehead atoms. The Kier molecular flexibility index (Phi) is 4.72. The van der Waals surface area contributed by atoms with Gasteiger partial charge in [0.15, 0.2) is 10.8 Å². The normalized spacial score (nSPS) is 14.5. The van der Waals surface area contributed by atoms with Gasteiger partial charge in [0.25, 0.3) is 0 Å². The van der Waals surface area contributed by atoms with Crippen LogP contribution in [-0.4, -0.2) is 52.4 Å². The first-order chi connectivity index (χ1) is 9.81. The maximum atomic E-state index is 11.5. The van der Waals surface area contributed by atoms with E-state index >= 15 is 0 Å². The van der Waals surface area contributed by atoms with Crippen molar-refractivity contribution >= 4 is 39.7 Å². The van der Waals surface area contributed by atoms with Crippen molar-refractivity contribution in [2.45, 2.75) is 25.0 Å². The standard InChI is InChI=1S/C12H18N4O3S2/c1-7(6-21(4)19)16-11-10(8(2)14-15(11)3)13-12(16)20-5-9(17)18/h7H,5-6H2,1-4H3,(H,17,18). The van der Waals surface area contributed by atoms with Gasteiger partial charge in [0.1, 0.15) is 5.52 Å². The molecule has 21 heavy (non-hydrogen) atoms. The molecule has 0 aliphatic carbocycles. The zero-order valence-electron chi connectivity index (χ0n) is 12.4. The van der Waals surface area contributed by atoms with Crippen molar-refractivity contribution in [1.82, 2.24) is 19.3 Å². The second-order valence-corrected chi connectivity index (χ2v) is 7.34. The highest BCUT2D eigenvalue weighted by atomic mass is 32.2. The molecule has 0 spiro atoms. The zero-order valence-corrected chi connectivity index (χ0v) is 14.0. The van der Waals surface area contributed by atoms with E-state index in [2.05, 4.69) is 10.1 Å². The minimum absolute atomic E-state index is 0.0491. The van der Waals surface area contributed by atoms with E-state index in [1.807, 2.05) is 25.5 Å². The number of aliphatic carboxylic acids is 1. The number of carboxylic acids is 1. The number of nitrogens with zero attached hydrogens (tertiary/aromatic N) is 4. The van der Waals surface area contributed by atoms with Crippen LogP contribution in [0.25, 0.3) is 11.2 Å². The molecule has 2 aromatic heterocycles. The van der Waals surface area contributed by atoms with Crippen LogP contribution in [-0.2, 0) is 22.6 Å². The fraction of sp³-hybridized carbons (Fsp3) is 0.583. The third-order valence-electron chi connectivity index (χ3n) is 3.04. The van der Waals surface area contributed by atoms with E-state index < -0.39 is 16.8 Å². The molecule has 2 rings (SSSR count). The minimum Gasteiger partial charge on any atom is -0.481 e. The molecule has 0 saturated carbocycles. The van der Waals surface area contributed by atoms with E-state index in [0.29, 0.717) is 10.9 Å². The SMILES string of the molecule is Cc1nn(C)c2c1nc(SCC(=O)O)n2C(C)CS(C)=O. The average molecular weight is 330 g/mol. The van der Waals surface area contributed by atoms with Crippen molar-refractivity contribution in [3.8, 4) is 0 Å². The first-order valence-electron chi connectivity index (χ1n) is 6.37. The largest absolute Gasteiger partial charge is 0.481 e. The number of fused-ring (bicyclic) bond motifs is 1. The van der Waals surface area contributed by atoms with Gasteiger partial charge in [-0.05, 0) is 13.8 Å². The number of imidazole rings is 1. The van der Waals surface area contributed by atoms with Gasteiger partial charge in [-0.15, -0.1) is 0 Å². The van der Waals surface area contributed by atoms with Gasteiger partial charge >= 0.3 is 5.97 Å². The van der Waals surface area contributed by atoms with Crippen LogP contribution in [0.15, 0.2) is 5.16 Å². The molecule has 0 aliphatic rings. The van der Waals surface area contributed by atoms with E-state index in [1.165, 1.54) is 11.8 Å². The van der Waals surface area contributed by atoms with Gasteiger partial charge in [-0.3, -0.25) is 13.7 Å². The summed E-state index contributed by atoms with van der Waals surface area (Å²) in [5.41, 5.74) is 2.39. The monoisotopic (exact) mass is 330 g/mol. The lowest BCUT2D eigenvalue weighted by molar-refractivity contribution is -0.133. The summed E-state index contributed by atoms with van der Waals surface area (Å²) in [6.45, 7) is 3.82. The van der Waals surface area contributed by atoms with Crippen LogP contribution in [0, 0.1) is 6.92 Å². The Bertz CT molecular complexity index is 707. The Morgan fingerprint density at radius 3 is 2.76 bits per heavy atom. The molecule has 0 radical (unpaired) electrons. The number of hydrogen-bond donors (Lipinski definition) is 1. The quantitative estimate of drug-likeness (QED) is 0.800. The van der Waals surface area contributed by atoms with Crippen LogP contribution < -0.4 is 0 Å². The Labute approximate surface area is 129 Å². The predicted molar refractivity (Wildman–Crippen MR) is 83.2 cm³/mol. The van der Waals surface area contributed by atoms with E-state index in [9.17, 15) is 9.00 Å². The number of aryl methyl sites for hydroxylation is 2. The molecule has 0 aromatic carbocycles.